The second-order valence-corrected chi connectivity index (χ2v) is 10.7. The van der Waals surface area contributed by atoms with Gasteiger partial charge in [0.25, 0.3) is 5.91 Å². The van der Waals surface area contributed by atoms with Crippen molar-refractivity contribution in [2.24, 2.45) is 5.92 Å². The van der Waals surface area contributed by atoms with Crippen molar-refractivity contribution in [1.29, 1.82) is 0 Å². The van der Waals surface area contributed by atoms with Gasteiger partial charge in [-0.25, -0.2) is 13.8 Å². The van der Waals surface area contributed by atoms with Crippen LogP contribution < -0.4 is 21.2 Å². The summed E-state index contributed by atoms with van der Waals surface area (Å²) >= 11 is 6.07. The molecule has 3 heterocycles. The number of anilines is 2. The van der Waals surface area contributed by atoms with Gasteiger partial charge in [-0.2, -0.15) is 0 Å². The Hall–Kier alpha value is -4.81. The van der Waals surface area contributed by atoms with E-state index in [1.54, 1.807) is 0 Å². The smallest absolute Gasteiger partial charge is 0.310 e. The number of aromatic nitrogens is 2. The van der Waals surface area contributed by atoms with E-state index >= 15 is 0 Å². The molecule has 1 saturated heterocycles. The molecule has 0 spiro atoms. The molecule has 0 bridgehead atoms. The number of amides is 1. The third-order valence-corrected chi connectivity index (χ3v) is 7.56. The van der Waals surface area contributed by atoms with E-state index in [1.165, 1.54) is 65.6 Å². The minimum absolute atomic E-state index is 0.0126. The molecule has 1 aliphatic heterocycles. The summed E-state index contributed by atoms with van der Waals surface area (Å²) in [6, 6.07) is 10.3. The Morgan fingerprint density at radius 2 is 1.80 bits per heavy atom. The van der Waals surface area contributed by atoms with Crippen molar-refractivity contribution >= 4 is 35.0 Å². The Kier molecular flexibility index (Phi) is 9.21. The highest BCUT2D eigenvalue weighted by Crippen LogP contribution is 2.34. The first-order valence-corrected chi connectivity index (χ1v) is 14.0. The van der Waals surface area contributed by atoms with Gasteiger partial charge in [0.15, 0.2) is 24.0 Å². The van der Waals surface area contributed by atoms with Gasteiger partial charge in [-0.1, -0.05) is 23.7 Å². The Bertz CT molecular complexity index is 1760. The summed E-state index contributed by atoms with van der Waals surface area (Å²) in [5, 5.41) is 2.52. The molecule has 0 radical (unpaired) electrons. The lowest BCUT2D eigenvalue weighted by Gasteiger charge is -2.27. The molecule has 1 fully saturated rings. The number of carbonyl (C=O) groups excluding carboxylic acids is 2. The molecular formula is C31H28ClF2N5O5. The highest BCUT2D eigenvalue weighted by molar-refractivity contribution is 6.34. The molecule has 228 valence electrons. The highest BCUT2D eigenvalue weighted by atomic mass is 35.5. The van der Waals surface area contributed by atoms with Crippen molar-refractivity contribution in [2.75, 3.05) is 31.2 Å². The van der Waals surface area contributed by atoms with Crippen LogP contribution in [0.1, 0.15) is 23.2 Å². The number of nitrogens with one attached hydrogen (secondary N) is 1. The number of pyridine rings is 2. The normalized spacial score (nSPS) is 13.8. The zero-order chi connectivity index (χ0) is 31.4. The number of hydrogen-bond acceptors (Lipinski definition) is 8. The number of nitrogens with zero attached hydrogens (tertiary/aromatic N) is 3. The first-order chi connectivity index (χ1) is 21.1. The summed E-state index contributed by atoms with van der Waals surface area (Å²) in [6.07, 6.45) is 5.36. The monoisotopic (exact) mass is 623 g/mol. The van der Waals surface area contributed by atoms with Crippen LogP contribution in [-0.2, 0) is 16.3 Å². The van der Waals surface area contributed by atoms with Crippen molar-refractivity contribution < 1.29 is 27.8 Å². The summed E-state index contributed by atoms with van der Waals surface area (Å²) in [4.78, 5) is 45.4. The minimum atomic E-state index is -0.840. The molecule has 2 aromatic carbocycles. The van der Waals surface area contributed by atoms with Crippen molar-refractivity contribution in [3.8, 4) is 22.6 Å². The summed E-state index contributed by atoms with van der Waals surface area (Å²) in [7, 11) is 1.98. The molecule has 1 aliphatic rings. The van der Waals surface area contributed by atoms with Gasteiger partial charge in [0.05, 0.1) is 5.92 Å². The number of nitrogens with two attached hydrogens (primary N) is 1. The predicted octanol–water partition coefficient (Wildman–Crippen LogP) is 5.31. The molecular weight excluding hydrogens is 596 g/mol. The SMILES string of the molecule is CN1CCC(C(=O)OCn2cc(C(=O)Nc3ccc(Oc4ccnc(N)c4Cl)c(F)c3)c(=O)c(-c3ccc(F)cc3)c2)CC1. The number of nitrogen functional groups attached to an aromatic ring is 1. The van der Waals surface area contributed by atoms with Crippen LogP contribution in [0.25, 0.3) is 11.1 Å². The van der Waals surface area contributed by atoms with Crippen LogP contribution in [0, 0.1) is 17.6 Å². The van der Waals surface area contributed by atoms with Crippen molar-refractivity contribution in [3.63, 3.8) is 0 Å². The summed E-state index contributed by atoms with van der Waals surface area (Å²) in [5.74, 6) is -2.89. The zero-order valence-corrected chi connectivity index (χ0v) is 24.3. The highest BCUT2D eigenvalue weighted by Gasteiger charge is 2.25. The van der Waals surface area contributed by atoms with E-state index in [2.05, 4.69) is 15.2 Å². The van der Waals surface area contributed by atoms with Gasteiger partial charge in [-0.15, -0.1) is 0 Å². The fourth-order valence-corrected chi connectivity index (χ4v) is 4.85. The van der Waals surface area contributed by atoms with Gasteiger partial charge in [0.2, 0.25) is 5.43 Å². The van der Waals surface area contributed by atoms with Gasteiger partial charge in [-0.05, 0) is 62.8 Å². The van der Waals surface area contributed by atoms with Gasteiger partial charge in [0, 0.05) is 42.0 Å². The van der Waals surface area contributed by atoms with E-state index in [1.807, 2.05) is 7.05 Å². The molecule has 0 atom stereocenters. The molecule has 13 heteroatoms. The Morgan fingerprint density at radius 3 is 2.50 bits per heavy atom. The predicted molar refractivity (Wildman–Crippen MR) is 160 cm³/mol. The fraction of sp³-hybridized carbons (Fsp3) is 0.226. The third kappa shape index (κ3) is 7.04. The summed E-state index contributed by atoms with van der Waals surface area (Å²) in [5.41, 5.74) is 5.17. The summed E-state index contributed by atoms with van der Waals surface area (Å²) < 4.78 is 40.9. The Labute approximate surface area is 256 Å². The van der Waals surface area contributed by atoms with Gasteiger partial charge < -0.3 is 30.0 Å². The molecule has 3 N–H and O–H groups in total. The molecule has 0 aliphatic carbocycles. The van der Waals surface area contributed by atoms with Crippen molar-refractivity contribution in [2.45, 2.75) is 19.6 Å². The average molecular weight is 624 g/mol. The molecule has 0 saturated carbocycles. The van der Waals surface area contributed by atoms with Crippen molar-refractivity contribution in [3.05, 3.63) is 99.6 Å². The first-order valence-electron chi connectivity index (χ1n) is 13.6. The molecule has 4 aromatic rings. The summed E-state index contributed by atoms with van der Waals surface area (Å²) in [6.45, 7) is 1.29. The van der Waals surface area contributed by atoms with E-state index in [9.17, 15) is 23.2 Å². The van der Waals surface area contributed by atoms with Crippen LogP contribution >= 0.6 is 11.6 Å². The van der Waals surface area contributed by atoms with E-state index in [-0.39, 0.29) is 57.8 Å². The number of rotatable bonds is 8. The molecule has 2 aromatic heterocycles. The van der Waals surface area contributed by atoms with Crippen LogP contribution in [0.3, 0.4) is 0 Å². The lowest BCUT2D eigenvalue weighted by molar-refractivity contribution is -0.154. The lowest BCUT2D eigenvalue weighted by atomic mass is 9.97. The number of ether oxygens (including phenoxy) is 2. The van der Waals surface area contributed by atoms with Crippen molar-refractivity contribution in [1.82, 2.24) is 14.5 Å². The van der Waals surface area contributed by atoms with Crippen LogP contribution in [0.4, 0.5) is 20.3 Å². The first kappa shape index (κ1) is 30.6. The average Bonchev–Trinajstić information content (AvgIpc) is 3.00. The van der Waals surface area contributed by atoms with Gasteiger partial charge in [-0.3, -0.25) is 14.4 Å². The minimum Gasteiger partial charge on any atom is -0.453 e. The number of hydrogen-bond donors (Lipinski definition) is 2. The standard InChI is InChI=1S/C31H28ClF2N5O5/c1-38-12-9-19(10-13-38)31(42)43-17-39-15-22(18-2-4-20(33)5-3-18)28(40)23(16-39)30(41)37-21-6-7-25(24(34)14-21)44-26-8-11-36-29(35)27(26)32/h2-8,11,14-16,19H,9-10,12-13,17H2,1H3,(H2,35,36)(H,37,41). The number of carbonyl (C=O) groups is 2. The van der Waals surface area contributed by atoms with E-state index < -0.39 is 23.0 Å². The van der Waals surface area contributed by atoms with E-state index in [4.69, 9.17) is 26.8 Å². The number of benzene rings is 2. The molecule has 5 rings (SSSR count). The van der Waals surface area contributed by atoms with Gasteiger partial charge in [0.1, 0.15) is 22.2 Å². The largest absolute Gasteiger partial charge is 0.453 e. The second kappa shape index (κ2) is 13.2. The Morgan fingerprint density at radius 1 is 1.07 bits per heavy atom. The number of likely N-dealkylation sites (tertiary alicyclic amines) is 1. The maximum Gasteiger partial charge on any atom is 0.310 e. The van der Waals surface area contributed by atoms with E-state index in [0.29, 0.717) is 18.4 Å². The maximum absolute atomic E-state index is 14.9. The topological polar surface area (TPSA) is 129 Å². The maximum atomic E-state index is 14.9. The number of esters is 1. The van der Waals surface area contributed by atoms with Crippen LogP contribution in [0.2, 0.25) is 5.02 Å². The lowest BCUT2D eigenvalue weighted by Crippen LogP contribution is -2.34. The van der Waals surface area contributed by atoms with Crippen LogP contribution in [-0.4, -0.2) is 46.5 Å². The number of piperidine rings is 1. The number of halogens is 3. The quantitative estimate of drug-likeness (QED) is 0.253. The molecule has 0 unspecified atom stereocenters. The molecule has 10 nitrogen and oxygen atoms in total. The second-order valence-electron chi connectivity index (χ2n) is 10.3. The molecule has 1 amide bonds. The zero-order valence-electron chi connectivity index (χ0n) is 23.6. The van der Waals surface area contributed by atoms with E-state index in [0.717, 1.165) is 19.2 Å². The molecule has 44 heavy (non-hydrogen) atoms. The van der Waals surface area contributed by atoms with Crippen LogP contribution in [0.5, 0.6) is 11.5 Å². The Balaban J connectivity index is 1.38. The fourth-order valence-electron chi connectivity index (χ4n) is 4.70. The van der Waals surface area contributed by atoms with Gasteiger partial charge >= 0.3 is 5.97 Å². The third-order valence-electron chi connectivity index (χ3n) is 7.18. The van der Waals surface area contributed by atoms with Crippen LogP contribution in [0.15, 0.2) is 71.9 Å².